The van der Waals surface area contributed by atoms with Crippen LogP contribution in [0.2, 0.25) is 0 Å². The van der Waals surface area contributed by atoms with Crippen molar-refractivity contribution in [2.45, 2.75) is 12.6 Å². The summed E-state index contributed by atoms with van der Waals surface area (Å²) in [7, 11) is 0. The molecule has 1 aromatic rings. The van der Waals surface area contributed by atoms with Gasteiger partial charge in [0.15, 0.2) is 0 Å². The zero-order valence-corrected chi connectivity index (χ0v) is 10.8. The molecule has 0 saturated carbocycles. The smallest absolute Gasteiger partial charge is 0.416 e. The Labute approximate surface area is 117 Å². The molecule has 0 unspecified atom stereocenters. The summed E-state index contributed by atoms with van der Waals surface area (Å²) in [5, 5.41) is 18.1. The van der Waals surface area contributed by atoms with Crippen molar-refractivity contribution >= 4 is 23.9 Å². The predicted octanol–water partition coefficient (Wildman–Crippen LogP) is 3.65. The van der Waals surface area contributed by atoms with E-state index in [-0.39, 0.29) is 11.3 Å². The molecule has 0 aliphatic rings. The first-order valence-corrected chi connectivity index (χ1v) is 6.06. The van der Waals surface area contributed by atoms with Crippen molar-refractivity contribution in [2.75, 3.05) is 4.72 Å². The molecular formula is C12H9F3N2O2S. The molecule has 0 aliphatic heterocycles. The fourth-order valence-corrected chi connectivity index (χ4v) is 1.76. The number of nitrogens with one attached hydrogen (secondary N) is 1. The van der Waals surface area contributed by atoms with Crippen molar-refractivity contribution in [3.63, 3.8) is 0 Å². The average molecular weight is 302 g/mol. The summed E-state index contributed by atoms with van der Waals surface area (Å²) in [5.41, 5.74) is -0.456. The number of anilines is 1. The molecular weight excluding hydrogens is 293 g/mol. The highest BCUT2D eigenvalue weighted by atomic mass is 32.2. The summed E-state index contributed by atoms with van der Waals surface area (Å²) < 4.78 is 39.6. The Morgan fingerprint density at radius 1 is 1.40 bits per heavy atom. The molecule has 4 nitrogen and oxygen atoms in total. The van der Waals surface area contributed by atoms with E-state index in [0.717, 1.165) is 12.1 Å². The fourth-order valence-electron chi connectivity index (χ4n) is 1.16. The normalized spacial score (nSPS) is 12.3. The van der Waals surface area contributed by atoms with Gasteiger partial charge in [-0.2, -0.15) is 18.4 Å². The van der Waals surface area contributed by atoms with E-state index < -0.39 is 17.5 Å². The van der Waals surface area contributed by atoms with Crippen LogP contribution in [0.1, 0.15) is 12.0 Å². The number of hydrogen-bond donors (Lipinski definition) is 2. The number of nitriles is 1. The summed E-state index contributed by atoms with van der Waals surface area (Å²) in [5.74, 6) is -0.396. The van der Waals surface area contributed by atoms with Crippen LogP contribution in [0, 0.1) is 11.3 Å². The highest BCUT2D eigenvalue weighted by molar-refractivity contribution is 8.04. The minimum Gasteiger partial charge on any atom is -0.510 e. The summed E-state index contributed by atoms with van der Waals surface area (Å²) in [6.07, 6.45) is -4.28. The van der Waals surface area contributed by atoms with Gasteiger partial charge in [-0.3, -0.25) is 0 Å². The number of aliphatic hydroxyl groups is 1. The summed E-state index contributed by atoms with van der Waals surface area (Å²) in [4.78, 5) is 10.1. The predicted molar refractivity (Wildman–Crippen MR) is 68.6 cm³/mol. The molecule has 20 heavy (non-hydrogen) atoms. The largest absolute Gasteiger partial charge is 0.510 e. The molecule has 0 atom stereocenters. The Balaban J connectivity index is 2.73. The van der Waals surface area contributed by atoms with E-state index >= 15 is 0 Å². The Morgan fingerprint density at radius 3 is 2.45 bits per heavy atom. The molecule has 0 heterocycles. The van der Waals surface area contributed by atoms with Crippen LogP contribution in [-0.2, 0) is 11.0 Å². The van der Waals surface area contributed by atoms with E-state index in [1.807, 2.05) is 0 Å². The second-order valence-electron chi connectivity index (χ2n) is 3.54. The van der Waals surface area contributed by atoms with Crippen LogP contribution in [0.15, 0.2) is 34.9 Å². The lowest BCUT2D eigenvalue weighted by Crippen LogP contribution is -2.04. The number of carbonyl (C=O) groups excluding carboxylic acids is 1. The van der Waals surface area contributed by atoms with E-state index in [1.165, 1.54) is 12.1 Å². The van der Waals surface area contributed by atoms with E-state index in [4.69, 9.17) is 5.26 Å². The number of carbonyl (C=O) groups is 1. The van der Waals surface area contributed by atoms with Gasteiger partial charge in [0.2, 0.25) is 0 Å². The summed E-state index contributed by atoms with van der Waals surface area (Å²) in [6.45, 7) is 0. The number of aldehydes is 1. The van der Waals surface area contributed by atoms with Gasteiger partial charge in [0.05, 0.1) is 12.0 Å². The van der Waals surface area contributed by atoms with Crippen molar-refractivity contribution in [3.05, 3.63) is 40.5 Å². The maximum absolute atomic E-state index is 12.3. The third kappa shape index (κ3) is 4.51. The molecule has 0 bridgehead atoms. The third-order valence-corrected chi connectivity index (χ3v) is 2.99. The van der Waals surface area contributed by atoms with Gasteiger partial charge >= 0.3 is 6.18 Å². The number of alkyl halides is 3. The average Bonchev–Trinajstić information content (AvgIpc) is 2.39. The Kier molecular flexibility index (Phi) is 5.46. The van der Waals surface area contributed by atoms with Gasteiger partial charge in [0.25, 0.3) is 0 Å². The van der Waals surface area contributed by atoms with Gasteiger partial charge in [0, 0.05) is 5.69 Å². The quantitative estimate of drug-likeness (QED) is 0.376. The Morgan fingerprint density at radius 2 is 2.00 bits per heavy atom. The van der Waals surface area contributed by atoms with Gasteiger partial charge < -0.3 is 14.6 Å². The second-order valence-corrected chi connectivity index (χ2v) is 4.35. The van der Waals surface area contributed by atoms with Crippen molar-refractivity contribution in [3.8, 4) is 6.07 Å². The minimum absolute atomic E-state index is 0.128. The van der Waals surface area contributed by atoms with E-state index in [9.17, 15) is 23.1 Å². The zero-order valence-electron chi connectivity index (χ0n) is 9.94. The maximum Gasteiger partial charge on any atom is 0.416 e. The standard InChI is InChI=1S/C12H9F3N2O2S/c13-12(14,15)8-1-3-9(4-2-8)17-20-11(7-16)10(19)5-6-18/h1-4,6,17,19H,5H2. The number of hydrogen-bond acceptors (Lipinski definition) is 5. The lowest BCUT2D eigenvalue weighted by atomic mass is 10.2. The molecule has 8 heteroatoms. The molecule has 0 radical (unpaired) electrons. The second kappa shape index (κ2) is 6.86. The first kappa shape index (κ1) is 15.9. The van der Waals surface area contributed by atoms with Crippen LogP contribution in [0.3, 0.4) is 0 Å². The highest BCUT2D eigenvalue weighted by Crippen LogP contribution is 2.30. The number of benzene rings is 1. The van der Waals surface area contributed by atoms with Gasteiger partial charge in [0.1, 0.15) is 23.0 Å². The van der Waals surface area contributed by atoms with Crippen molar-refractivity contribution < 1.29 is 23.1 Å². The number of rotatable bonds is 5. The van der Waals surface area contributed by atoms with E-state index in [1.54, 1.807) is 6.07 Å². The molecule has 0 aliphatic carbocycles. The first-order chi connectivity index (χ1) is 9.38. The monoisotopic (exact) mass is 302 g/mol. The lowest BCUT2D eigenvalue weighted by Gasteiger charge is -2.08. The molecule has 2 N–H and O–H groups in total. The molecule has 0 saturated heterocycles. The number of aliphatic hydroxyl groups excluding tert-OH is 1. The van der Waals surface area contributed by atoms with Gasteiger partial charge in [-0.15, -0.1) is 0 Å². The minimum atomic E-state index is -4.41. The van der Waals surface area contributed by atoms with Crippen LogP contribution < -0.4 is 4.72 Å². The van der Waals surface area contributed by atoms with E-state index in [0.29, 0.717) is 23.9 Å². The number of nitrogens with zero attached hydrogens (tertiary/aromatic N) is 1. The van der Waals surface area contributed by atoms with Gasteiger partial charge in [-0.25, -0.2) is 0 Å². The number of halogens is 3. The van der Waals surface area contributed by atoms with Crippen LogP contribution in [0.4, 0.5) is 18.9 Å². The van der Waals surface area contributed by atoms with Crippen molar-refractivity contribution in [1.82, 2.24) is 0 Å². The fraction of sp³-hybridized carbons (Fsp3) is 0.167. The molecule has 0 spiro atoms. The first-order valence-electron chi connectivity index (χ1n) is 5.24. The van der Waals surface area contributed by atoms with Crippen LogP contribution in [0.25, 0.3) is 0 Å². The number of allylic oxidation sites excluding steroid dienone is 2. The molecule has 1 rings (SSSR count). The highest BCUT2D eigenvalue weighted by Gasteiger charge is 2.29. The van der Waals surface area contributed by atoms with Crippen molar-refractivity contribution in [1.29, 1.82) is 5.26 Å². The summed E-state index contributed by atoms with van der Waals surface area (Å²) in [6, 6.07) is 5.86. The van der Waals surface area contributed by atoms with Crippen LogP contribution in [0.5, 0.6) is 0 Å². The van der Waals surface area contributed by atoms with Crippen LogP contribution >= 0.6 is 11.9 Å². The maximum atomic E-state index is 12.3. The summed E-state index contributed by atoms with van der Waals surface area (Å²) >= 11 is 0.714. The van der Waals surface area contributed by atoms with Crippen molar-refractivity contribution in [2.24, 2.45) is 0 Å². The molecule has 1 aromatic carbocycles. The Bertz CT molecular complexity index is 547. The SMILES string of the molecule is N#CC(SNc1ccc(C(F)(F)F)cc1)=C(O)CC=O. The van der Waals surface area contributed by atoms with Gasteiger partial charge in [-0.1, -0.05) is 0 Å². The molecule has 106 valence electrons. The van der Waals surface area contributed by atoms with E-state index in [2.05, 4.69) is 4.72 Å². The van der Waals surface area contributed by atoms with Gasteiger partial charge in [-0.05, 0) is 36.2 Å². The zero-order chi connectivity index (χ0) is 15.2. The molecule has 0 aromatic heterocycles. The topological polar surface area (TPSA) is 73.1 Å². The lowest BCUT2D eigenvalue weighted by molar-refractivity contribution is -0.137. The molecule has 0 amide bonds. The van der Waals surface area contributed by atoms with Crippen LogP contribution in [-0.4, -0.2) is 11.4 Å². The Hall–Kier alpha value is -2.14. The third-order valence-electron chi connectivity index (χ3n) is 2.12. The molecule has 0 fully saturated rings.